The SMILES string of the molecule is O=C(Cc1c[nH]cc1C(F)(F)F)Nc1ccccc1-c1cccc(C(F)(F)F)c1. The van der Waals surface area contributed by atoms with E-state index < -0.39 is 35.8 Å². The summed E-state index contributed by atoms with van der Waals surface area (Å²) in [5.74, 6) is -0.727. The molecule has 0 radical (unpaired) electrons. The fourth-order valence-electron chi connectivity index (χ4n) is 2.88. The Morgan fingerprint density at radius 2 is 1.62 bits per heavy atom. The summed E-state index contributed by atoms with van der Waals surface area (Å²) in [7, 11) is 0. The molecule has 1 aromatic heterocycles. The van der Waals surface area contributed by atoms with Crippen molar-refractivity contribution in [2.45, 2.75) is 18.8 Å². The van der Waals surface area contributed by atoms with Crippen LogP contribution in [0.3, 0.4) is 0 Å². The van der Waals surface area contributed by atoms with E-state index in [4.69, 9.17) is 0 Å². The number of benzene rings is 2. The lowest BCUT2D eigenvalue weighted by molar-refractivity contribution is -0.138. The van der Waals surface area contributed by atoms with Gasteiger partial charge in [-0.2, -0.15) is 26.3 Å². The molecule has 0 atom stereocenters. The number of para-hydroxylation sites is 1. The van der Waals surface area contributed by atoms with E-state index in [1.165, 1.54) is 24.3 Å². The van der Waals surface area contributed by atoms with Crippen LogP contribution in [0.25, 0.3) is 11.1 Å². The molecule has 3 rings (SSSR count). The number of aromatic nitrogens is 1. The monoisotopic (exact) mass is 412 g/mol. The van der Waals surface area contributed by atoms with Gasteiger partial charge in [0, 0.05) is 23.6 Å². The second-order valence-electron chi connectivity index (χ2n) is 6.24. The van der Waals surface area contributed by atoms with Crippen LogP contribution in [0, 0.1) is 0 Å². The van der Waals surface area contributed by atoms with Crippen molar-refractivity contribution in [3.05, 3.63) is 77.6 Å². The Hall–Kier alpha value is -3.23. The maximum atomic E-state index is 13.0. The van der Waals surface area contributed by atoms with Crippen molar-refractivity contribution in [3.8, 4) is 11.1 Å². The Labute approximate surface area is 161 Å². The normalized spacial score (nSPS) is 12.1. The van der Waals surface area contributed by atoms with Gasteiger partial charge in [-0.1, -0.05) is 30.3 Å². The topological polar surface area (TPSA) is 44.9 Å². The average molecular weight is 412 g/mol. The number of alkyl halides is 6. The molecule has 2 aromatic carbocycles. The van der Waals surface area contributed by atoms with E-state index in [9.17, 15) is 31.1 Å². The molecule has 29 heavy (non-hydrogen) atoms. The van der Waals surface area contributed by atoms with Gasteiger partial charge in [0.15, 0.2) is 0 Å². The Bertz CT molecular complexity index is 1020. The fourth-order valence-corrected chi connectivity index (χ4v) is 2.88. The van der Waals surface area contributed by atoms with Crippen molar-refractivity contribution in [2.75, 3.05) is 5.32 Å². The van der Waals surface area contributed by atoms with E-state index >= 15 is 0 Å². The minimum atomic E-state index is -4.61. The third-order valence-electron chi connectivity index (χ3n) is 4.19. The lowest BCUT2D eigenvalue weighted by Gasteiger charge is -2.14. The molecule has 2 N–H and O–H groups in total. The summed E-state index contributed by atoms with van der Waals surface area (Å²) in [6.07, 6.45) is -7.84. The number of hydrogen-bond donors (Lipinski definition) is 2. The van der Waals surface area contributed by atoms with Crippen LogP contribution in [0.2, 0.25) is 0 Å². The molecule has 1 heterocycles. The van der Waals surface area contributed by atoms with Gasteiger partial charge in [-0.25, -0.2) is 0 Å². The van der Waals surface area contributed by atoms with Crippen LogP contribution >= 0.6 is 0 Å². The van der Waals surface area contributed by atoms with Crippen molar-refractivity contribution < 1.29 is 31.1 Å². The van der Waals surface area contributed by atoms with Gasteiger partial charge in [0.25, 0.3) is 0 Å². The number of halogens is 6. The fraction of sp³-hybridized carbons (Fsp3) is 0.150. The number of carbonyl (C=O) groups excluding carboxylic acids is 1. The van der Waals surface area contributed by atoms with Crippen LogP contribution in [0.1, 0.15) is 16.7 Å². The van der Waals surface area contributed by atoms with Gasteiger partial charge in [0.05, 0.1) is 17.5 Å². The molecule has 9 heteroatoms. The third kappa shape index (κ3) is 4.79. The van der Waals surface area contributed by atoms with Crippen molar-refractivity contribution in [1.29, 1.82) is 0 Å². The molecule has 3 nitrogen and oxygen atoms in total. The Morgan fingerprint density at radius 3 is 2.31 bits per heavy atom. The van der Waals surface area contributed by atoms with Gasteiger partial charge in [0.2, 0.25) is 5.91 Å². The number of aromatic amines is 1. The zero-order chi connectivity index (χ0) is 21.2. The van der Waals surface area contributed by atoms with Crippen molar-refractivity contribution in [2.24, 2.45) is 0 Å². The second-order valence-corrected chi connectivity index (χ2v) is 6.24. The highest BCUT2D eigenvalue weighted by molar-refractivity contribution is 5.96. The average Bonchev–Trinajstić information content (AvgIpc) is 3.10. The number of anilines is 1. The van der Waals surface area contributed by atoms with Gasteiger partial charge >= 0.3 is 12.4 Å². The van der Waals surface area contributed by atoms with Crippen LogP contribution in [-0.4, -0.2) is 10.9 Å². The summed E-state index contributed by atoms with van der Waals surface area (Å²) in [4.78, 5) is 14.6. The number of rotatable bonds is 4. The van der Waals surface area contributed by atoms with E-state index in [0.29, 0.717) is 5.56 Å². The molecule has 0 aliphatic rings. The molecular formula is C20H14F6N2O. The van der Waals surface area contributed by atoms with Gasteiger partial charge in [-0.3, -0.25) is 4.79 Å². The molecule has 1 amide bonds. The van der Waals surface area contributed by atoms with Crippen LogP contribution in [0.5, 0.6) is 0 Å². The summed E-state index contributed by atoms with van der Waals surface area (Å²) < 4.78 is 77.7. The van der Waals surface area contributed by atoms with Crippen molar-refractivity contribution in [1.82, 2.24) is 4.98 Å². The first-order chi connectivity index (χ1) is 13.6. The summed E-state index contributed by atoms with van der Waals surface area (Å²) in [5.41, 5.74) is -1.30. The summed E-state index contributed by atoms with van der Waals surface area (Å²) in [6, 6.07) is 10.7. The van der Waals surface area contributed by atoms with E-state index in [0.717, 1.165) is 24.5 Å². The van der Waals surface area contributed by atoms with Gasteiger partial charge in [-0.05, 0) is 29.3 Å². The van der Waals surface area contributed by atoms with Crippen LogP contribution < -0.4 is 5.32 Å². The van der Waals surface area contributed by atoms with E-state index in [2.05, 4.69) is 10.3 Å². The zero-order valence-corrected chi connectivity index (χ0v) is 14.7. The molecule has 0 saturated carbocycles. The molecule has 0 unspecified atom stereocenters. The van der Waals surface area contributed by atoms with E-state index in [-0.39, 0.29) is 16.8 Å². The highest BCUT2D eigenvalue weighted by Gasteiger charge is 2.34. The predicted octanol–water partition coefficient (Wildman–Crippen LogP) is 5.90. The predicted molar refractivity (Wildman–Crippen MR) is 95.0 cm³/mol. The molecule has 0 aliphatic carbocycles. The first-order valence-electron chi connectivity index (χ1n) is 8.35. The number of hydrogen-bond acceptors (Lipinski definition) is 1. The minimum absolute atomic E-state index is 0.195. The quantitative estimate of drug-likeness (QED) is 0.515. The molecule has 0 fully saturated rings. The molecule has 3 aromatic rings. The molecular weight excluding hydrogens is 398 g/mol. The molecule has 0 spiro atoms. The maximum Gasteiger partial charge on any atom is 0.418 e. The Kier molecular flexibility index (Phi) is 5.41. The van der Waals surface area contributed by atoms with Gasteiger partial charge in [-0.15, -0.1) is 0 Å². The van der Waals surface area contributed by atoms with Gasteiger partial charge < -0.3 is 10.3 Å². The Balaban J connectivity index is 1.85. The van der Waals surface area contributed by atoms with Crippen molar-refractivity contribution in [3.63, 3.8) is 0 Å². The van der Waals surface area contributed by atoms with E-state index in [1.54, 1.807) is 12.1 Å². The molecule has 0 bridgehead atoms. The standard InChI is InChI=1S/C20H14F6N2O/c21-19(22,23)14-5-3-4-12(8-14)15-6-1-2-7-17(15)28-18(29)9-13-10-27-11-16(13)20(24,25)26/h1-8,10-11,27H,9H2,(H,28,29). The first-order valence-corrected chi connectivity index (χ1v) is 8.35. The van der Waals surface area contributed by atoms with E-state index in [1.807, 2.05) is 0 Å². The third-order valence-corrected chi connectivity index (χ3v) is 4.19. The Morgan fingerprint density at radius 1 is 0.897 bits per heavy atom. The first kappa shape index (κ1) is 20.5. The number of amides is 1. The number of nitrogens with one attached hydrogen (secondary N) is 2. The summed E-state index contributed by atoms with van der Waals surface area (Å²) in [6.45, 7) is 0. The number of H-pyrrole nitrogens is 1. The maximum absolute atomic E-state index is 13.0. The van der Waals surface area contributed by atoms with Crippen LogP contribution in [0.4, 0.5) is 32.0 Å². The lowest BCUT2D eigenvalue weighted by atomic mass is 10.0. The molecule has 152 valence electrons. The second kappa shape index (κ2) is 7.65. The molecule has 0 aliphatic heterocycles. The van der Waals surface area contributed by atoms with Crippen molar-refractivity contribution >= 4 is 11.6 Å². The van der Waals surface area contributed by atoms with Gasteiger partial charge in [0.1, 0.15) is 0 Å². The minimum Gasteiger partial charge on any atom is -0.367 e. The lowest BCUT2D eigenvalue weighted by Crippen LogP contribution is -2.17. The molecule has 0 saturated heterocycles. The highest BCUT2D eigenvalue weighted by Crippen LogP contribution is 2.35. The van der Waals surface area contributed by atoms with Crippen LogP contribution in [-0.2, 0) is 23.6 Å². The zero-order valence-electron chi connectivity index (χ0n) is 14.7. The smallest absolute Gasteiger partial charge is 0.367 e. The largest absolute Gasteiger partial charge is 0.418 e. The summed E-state index contributed by atoms with van der Waals surface area (Å²) >= 11 is 0. The number of carbonyl (C=O) groups is 1. The van der Waals surface area contributed by atoms with Crippen LogP contribution in [0.15, 0.2) is 60.9 Å². The highest BCUT2D eigenvalue weighted by atomic mass is 19.4. The summed E-state index contributed by atoms with van der Waals surface area (Å²) in [5, 5.41) is 2.48.